The highest BCUT2D eigenvalue weighted by molar-refractivity contribution is 7.22. The van der Waals surface area contributed by atoms with E-state index in [1.54, 1.807) is 11.3 Å². The Balaban J connectivity index is 1.23. The minimum absolute atomic E-state index is 0.00548. The van der Waals surface area contributed by atoms with E-state index in [1.807, 2.05) is 29.2 Å². The van der Waals surface area contributed by atoms with Gasteiger partial charge in [-0.3, -0.25) is 4.79 Å². The maximum absolute atomic E-state index is 12.9. The molecule has 28 heavy (non-hydrogen) atoms. The van der Waals surface area contributed by atoms with Gasteiger partial charge < -0.3 is 19.3 Å². The van der Waals surface area contributed by atoms with Crippen LogP contribution in [0.25, 0.3) is 10.2 Å². The molecule has 1 saturated heterocycles. The van der Waals surface area contributed by atoms with E-state index >= 15 is 0 Å². The number of carbonyl (C=O) groups excluding carboxylic acids is 1. The van der Waals surface area contributed by atoms with Gasteiger partial charge in [0.05, 0.1) is 10.2 Å². The molecule has 0 aliphatic carbocycles. The molecule has 1 fully saturated rings. The molecule has 2 aliphatic heterocycles. The normalized spacial score (nSPS) is 19.1. The summed E-state index contributed by atoms with van der Waals surface area (Å²) in [6, 6.07) is 13.8. The van der Waals surface area contributed by atoms with Gasteiger partial charge in [-0.05, 0) is 36.8 Å². The Morgan fingerprint density at radius 2 is 1.89 bits per heavy atom. The largest absolute Gasteiger partial charge is 0.485 e. The van der Waals surface area contributed by atoms with Gasteiger partial charge in [0, 0.05) is 26.2 Å². The molecular formula is C21H21N3O3S. The van der Waals surface area contributed by atoms with E-state index in [2.05, 4.69) is 30.0 Å². The van der Waals surface area contributed by atoms with Gasteiger partial charge in [0.25, 0.3) is 5.91 Å². The predicted molar refractivity (Wildman–Crippen MR) is 110 cm³/mol. The third-order valence-electron chi connectivity index (χ3n) is 5.18. The highest BCUT2D eigenvalue weighted by Crippen LogP contribution is 2.32. The number of anilines is 1. The lowest BCUT2D eigenvalue weighted by Gasteiger charge is -2.37. The zero-order chi connectivity index (χ0) is 19.1. The lowest BCUT2D eigenvalue weighted by Crippen LogP contribution is -2.54. The molecule has 1 atom stereocenters. The van der Waals surface area contributed by atoms with Crippen molar-refractivity contribution in [1.82, 2.24) is 9.88 Å². The predicted octanol–water partition coefficient (Wildman–Crippen LogP) is 3.09. The molecule has 0 radical (unpaired) electrons. The molecule has 2 aromatic carbocycles. The monoisotopic (exact) mass is 395 g/mol. The average molecular weight is 395 g/mol. The second kappa shape index (κ2) is 6.98. The number of hydrogen-bond donors (Lipinski definition) is 0. The number of fused-ring (bicyclic) bond motifs is 2. The summed E-state index contributed by atoms with van der Waals surface area (Å²) in [5.41, 5.74) is 2.28. The first-order chi connectivity index (χ1) is 13.7. The topological polar surface area (TPSA) is 54.9 Å². The number of hydrogen-bond acceptors (Lipinski definition) is 6. The smallest absolute Gasteiger partial charge is 0.267 e. The molecule has 0 N–H and O–H groups in total. The maximum Gasteiger partial charge on any atom is 0.267 e. The van der Waals surface area contributed by atoms with Crippen LogP contribution in [0.3, 0.4) is 0 Å². The van der Waals surface area contributed by atoms with E-state index < -0.39 is 6.10 Å². The van der Waals surface area contributed by atoms with Gasteiger partial charge in [0.1, 0.15) is 6.61 Å². The summed E-state index contributed by atoms with van der Waals surface area (Å²) in [5, 5.41) is 1.03. The van der Waals surface area contributed by atoms with Crippen molar-refractivity contribution in [2.75, 3.05) is 37.7 Å². The fourth-order valence-corrected chi connectivity index (χ4v) is 4.73. The van der Waals surface area contributed by atoms with Crippen LogP contribution in [-0.4, -0.2) is 54.7 Å². The second-order valence-electron chi connectivity index (χ2n) is 7.14. The van der Waals surface area contributed by atoms with Crippen LogP contribution >= 0.6 is 11.3 Å². The lowest BCUT2D eigenvalue weighted by atomic mass is 10.2. The van der Waals surface area contributed by atoms with Crippen molar-refractivity contribution in [3.63, 3.8) is 0 Å². The summed E-state index contributed by atoms with van der Waals surface area (Å²) in [6.45, 7) is 5.22. The molecule has 0 unspecified atom stereocenters. The Morgan fingerprint density at radius 3 is 2.71 bits per heavy atom. The van der Waals surface area contributed by atoms with Crippen LogP contribution in [0.1, 0.15) is 5.56 Å². The minimum Gasteiger partial charge on any atom is -0.485 e. The van der Waals surface area contributed by atoms with Gasteiger partial charge >= 0.3 is 0 Å². The number of piperazine rings is 1. The van der Waals surface area contributed by atoms with Crippen molar-refractivity contribution >= 4 is 32.6 Å². The Bertz CT molecular complexity index is 1030. The summed E-state index contributed by atoms with van der Waals surface area (Å²) >= 11 is 1.71. The minimum atomic E-state index is -0.577. The van der Waals surface area contributed by atoms with E-state index in [-0.39, 0.29) is 12.5 Å². The third kappa shape index (κ3) is 3.16. The van der Waals surface area contributed by atoms with Crippen LogP contribution in [0.2, 0.25) is 0 Å². The van der Waals surface area contributed by atoms with Crippen LogP contribution < -0.4 is 14.4 Å². The van der Waals surface area contributed by atoms with Crippen LogP contribution in [0.4, 0.5) is 5.13 Å². The van der Waals surface area contributed by atoms with E-state index in [0.717, 1.165) is 23.7 Å². The van der Waals surface area contributed by atoms with Crippen molar-refractivity contribution in [2.45, 2.75) is 13.0 Å². The zero-order valence-electron chi connectivity index (χ0n) is 15.6. The zero-order valence-corrected chi connectivity index (χ0v) is 16.4. The Morgan fingerprint density at radius 1 is 1.11 bits per heavy atom. The Labute approximate surface area is 167 Å². The number of carbonyl (C=O) groups is 1. The lowest BCUT2D eigenvalue weighted by molar-refractivity contribution is -0.141. The molecule has 0 spiro atoms. The molecule has 144 valence electrons. The quantitative estimate of drug-likeness (QED) is 0.667. The molecule has 3 aromatic rings. The molecule has 2 aliphatic rings. The molecular weight excluding hydrogens is 374 g/mol. The molecule has 0 bridgehead atoms. The standard InChI is InChI=1S/C21H21N3O3S/c1-14-6-7-15-19(12-14)28-21(22-15)24-10-8-23(9-11-24)20(25)18-13-26-16-4-2-3-5-17(16)27-18/h2-7,12,18H,8-11,13H2,1H3/t18-/m0/s1. The SMILES string of the molecule is Cc1ccc2nc(N3CCN(C(=O)[C@@H]4COc5ccccc5O4)CC3)sc2c1. The number of aromatic nitrogens is 1. The highest BCUT2D eigenvalue weighted by atomic mass is 32.1. The van der Waals surface area contributed by atoms with Crippen molar-refractivity contribution in [3.05, 3.63) is 48.0 Å². The number of aryl methyl sites for hydroxylation is 1. The summed E-state index contributed by atoms with van der Waals surface area (Å²) in [5.74, 6) is 1.33. The van der Waals surface area contributed by atoms with Crippen LogP contribution in [0, 0.1) is 6.92 Å². The first kappa shape index (κ1) is 17.3. The summed E-state index contributed by atoms with van der Waals surface area (Å²) in [7, 11) is 0. The maximum atomic E-state index is 12.9. The summed E-state index contributed by atoms with van der Waals surface area (Å²) in [6.07, 6.45) is -0.577. The number of nitrogens with zero attached hydrogens (tertiary/aromatic N) is 3. The molecule has 0 saturated carbocycles. The van der Waals surface area contributed by atoms with Crippen molar-refractivity contribution in [1.29, 1.82) is 0 Å². The van der Waals surface area contributed by atoms with Crippen LogP contribution in [-0.2, 0) is 4.79 Å². The molecule has 3 heterocycles. The first-order valence-electron chi connectivity index (χ1n) is 9.47. The summed E-state index contributed by atoms with van der Waals surface area (Å²) in [4.78, 5) is 21.8. The van der Waals surface area contributed by atoms with Gasteiger partial charge in [-0.25, -0.2) is 4.98 Å². The molecule has 5 rings (SSSR count). The molecule has 6 nitrogen and oxygen atoms in total. The highest BCUT2D eigenvalue weighted by Gasteiger charge is 2.33. The Hall–Kier alpha value is -2.80. The fourth-order valence-electron chi connectivity index (χ4n) is 3.62. The number of para-hydroxylation sites is 2. The van der Waals surface area contributed by atoms with E-state index in [9.17, 15) is 4.79 Å². The Kier molecular flexibility index (Phi) is 4.31. The van der Waals surface area contributed by atoms with Crippen molar-refractivity contribution in [3.8, 4) is 11.5 Å². The number of amides is 1. The van der Waals surface area contributed by atoms with Crippen molar-refractivity contribution in [2.24, 2.45) is 0 Å². The van der Waals surface area contributed by atoms with Gasteiger partial charge in [0.2, 0.25) is 6.10 Å². The van der Waals surface area contributed by atoms with E-state index in [0.29, 0.717) is 24.6 Å². The second-order valence-corrected chi connectivity index (χ2v) is 8.15. The van der Waals surface area contributed by atoms with Gasteiger partial charge in [-0.15, -0.1) is 0 Å². The number of rotatable bonds is 2. The number of benzene rings is 2. The van der Waals surface area contributed by atoms with E-state index in [4.69, 9.17) is 14.5 Å². The molecule has 1 aromatic heterocycles. The molecule has 1 amide bonds. The van der Waals surface area contributed by atoms with Crippen LogP contribution in [0.15, 0.2) is 42.5 Å². The fraction of sp³-hybridized carbons (Fsp3) is 0.333. The third-order valence-corrected chi connectivity index (χ3v) is 6.26. The van der Waals surface area contributed by atoms with Gasteiger partial charge in [0.15, 0.2) is 16.6 Å². The number of thiazole rings is 1. The van der Waals surface area contributed by atoms with Crippen molar-refractivity contribution < 1.29 is 14.3 Å². The average Bonchev–Trinajstić information content (AvgIpc) is 3.16. The van der Waals surface area contributed by atoms with Gasteiger partial charge in [-0.2, -0.15) is 0 Å². The first-order valence-corrected chi connectivity index (χ1v) is 10.3. The van der Waals surface area contributed by atoms with Crippen LogP contribution in [0.5, 0.6) is 11.5 Å². The summed E-state index contributed by atoms with van der Waals surface area (Å²) < 4.78 is 12.8. The van der Waals surface area contributed by atoms with Gasteiger partial charge in [-0.1, -0.05) is 29.5 Å². The number of ether oxygens (including phenoxy) is 2. The molecule has 7 heteroatoms. The van der Waals surface area contributed by atoms with E-state index in [1.165, 1.54) is 10.3 Å².